The average molecular weight is 311 g/mol. The Morgan fingerprint density at radius 3 is 2.33 bits per heavy atom. The summed E-state index contributed by atoms with van der Waals surface area (Å²) >= 11 is 0. The molecule has 1 aliphatic rings. The highest BCUT2D eigenvalue weighted by molar-refractivity contribution is 5.93. The van der Waals surface area contributed by atoms with Crippen LogP contribution in [0.2, 0.25) is 0 Å². The van der Waals surface area contributed by atoms with Crippen LogP contribution in [-0.4, -0.2) is 19.0 Å². The van der Waals surface area contributed by atoms with E-state index >= 15 is 0 Å². The molecule has 0 aliphatic heterocycles. The third kappa shape index (κ3) is 4.72. The van der Waals surface area contributed by atoms with Gasteiger partial charge in [0, 0.05) is 25.2 Å². The number of carbonyl (C=O) groups is 1. The first-order valence-electron chi connectivity index (χ1n) is 7.58. The Kier molecular flexibility index (Phi) is 6.69. The molecule has 118 valence electrons. The van der Waals surface area contributed by atoms with Crippen molar-refractivity contribution in [2.45, 2.75) is 52.0 Å². The van der Waals surface area contributed by atoms with E-state index < -0.39 is 0 Å². The SMILES string of the molecule is Cc1cc(C)cc(N(C)C(=O)CC2CCCCC2N)c1.Cl. The quantitative estimate of drug-likeness (QED) is 0.927. The number of hydrogen-bond donors (Lipinski definition) is 1. The van der Waals surface area contributed by atoms with Crippen molar-refractivity contribution < 1.29 is 4.79 Å². The molecule has 21 heavy (non-hydrogen) atoms. The first-order valence-corrected chi connectivity index (χ1v) is 7.58. The van der Waals surface area contributed by atoms with Gasteiger partial charge in [0.15, 0.2) is 0 Å². The zero-order valence-electron chi connectivity index (χ0n) is 13.3. The highest BCUT2D eigenvalue weighted by atomic mass is 35.5. The lowest BCUT2D eigenvalue weighted by Crippen LogP contribution is -2.37. The van der Waals surface area contributed by atoms with Crippen LogP contribution in [0.1, 0.15) is 43.2 Å². The van der Waals surface area contributed by atoms with Gasteiger partial charge in [0.1, 0.15) is 0 Å². The Morgan fingerprint density at radius 1 is 1.19 bits per heavy atom. The topological polar surface area (TPSA) is 46.3 Å². The average Bonchev–Trinajstić information content (AvgIpc) is 2.39. The van der Waals surface area contributed by atoms with Crippen LogP contribution in [0.15, 0.2) is 18.2 Å². The number of aryl methyl sites for hydroxylation is 2. The molecule has 1 aromatic rings. The molecule has 0 radical (unpaired) electrons. The fourth-order valence-electron chi connectivity index (χ4n) is 3.14. The minimum atomic E-state index is 0. The van der Waals surface area contributed by atoms with Gasteiger partial charge in [0.05, 0.1) is 0 Å². The number of anilines is 1. The smallest absolute Gasteiger partial charge is 0.227 e. The molecule has 1 fully saturated rings. The van der Waals surface area contributed by atoms with E-state index in [4.69, 9.17) is 5.73 Å². The maximum atomic E-state index is 12.5. The zero-order valence-corrected chi connectivity index (χ0v) is 14.1. The predicted octanol–water partition coefficient (Wildman–Crippen LogP) is 3.60. The summed E-state index contributed by atoms with van der Waals surface area (Å²) in [6.07, 6.45) is 5.14. The van der Waals surface area contributed by atoms with Crippen molar-refractivity contribution in [3.05, 3.63) is 29.3 Å². The Balaban J connectivity index is 0.00000220. The van der Waals surface area contributed by atoms with Gasteiger partial charge in [-0.25, -0.2) is 0 Å². The molecular formula is C17H27ClN2O. The van der Waals surface area contributed by atoms with E-state index in [1.807, 2.05) is 7.05 Å². The van der Waals surface area contributed by atoms with Crippen molar-refractivity contribution in [1.82, 2.24) is 0 Å². The molecule has 0 spiro atoms. The number of rotatable bonds is 3. The van der Waals surface area contributed by atoms with E-state index in [1.54, 1.807) is 4.90 Å². The number of hydrogen-bond acceptors (Lipinski definition) is 2. The lowest BCUT2D eigenvalue weighted by Gasteiger charge is -2.29. The normalized spacial score (nSPS) is 21.5. The van der Waals surface area contributed by atoms with Crippen LogP contribution in [0.25, 0.3) is 0 Å². The standard InChI is InChI=1S/C17H26N2O.ClH/c1-12-8-13(2)10-15(9-12)19(3)17(20)11-14-6-4-5-7-16(14)18;/h8-10,14,16H,4-7,11,18H2,1-3H3;1H. The second-order valence-corrected chi connectivity index (χ2v) is 6.21. The summed E-state index contributed by atoms with van der Waals surface area (Å²) in [6.45, 7) is 4.12. The largest absolute Gasteiger partial charge is 0.327 e. The maximum absolute atomic E-state index is 12.5. The first kappa shape index (κ1) is 18.0. The Bertz CT molecular complexity index is 469. The zero-order chi connectivity index (χ0) is 14.7. The monoisotopic (exact) mass is 310 g/mol. The van der Waals surface area contributed by atoms with Gasteiger partial charge in [0.2, 0.25) is 5.91 Å². The van der Waals surface area contributed by atoms with E-state index in [2.05, 4.69) is 32.0 Å². The second kappa shape index (κ2) is 7.81. The second-order valence-electron chi connectivity index (χ2n) is 6.21. The van der Waals surface area contributed by atoms with E-state index in [0.717, 1.165) is 18.5 Å². The van der Waals surface area contributed by atoms with E-state index in [-0.39, 0.29) is 24.4 Å². The van der Waals surface area contributed by atoms with Crippen LogP contribution in [-0.2, 0) is 4.79 Å². The third-order valence-electron chi connectivity index (χ3n) is 4.37. The van der Waals surface area contributed by atoms with Crippen LogP contribution in [0, 0.1) is 19.8 Å². The molecule has 0 aromatic heterocycles. The molecular weight excluding hydrogens is 284 g/mol. The van der Waals surface area contributed by atoms with Gasteiger partial charge in [-0.2, -0.15) is 0 Å². The highest BCUT2D eigenvalue weighted by Gasteiger charge is 2.25. The number of nitrogens with two attached hydrogens (primary N) is 1. The van der Waals surface area contributed by atoms with Gasteiger partial charge >= 0.3 is 0 Å². The summed E-state index contributed by atoms with van der Waals surface area (Å²) < 4.78 is 0. The van der Waals surface area contributed by atoms with E-state index in [1.165, 1.54) is 24.0 Å². The van der Waals surface area contributed by atoms with Gasteiger partial charge in [0.25, 0.3) is 0 Å². The molecule has 1 aliphatic carbocycles. The number of nitrogens with zero attached hydrogens (tertiary/aromatic N) is 1. The van der Waals surface area contributed by atoms with Gasteiger partial charge in [-0.3, -0.25) is 4.79 Å². The van der Waals surface area contributed by atoms with Crippen molar-refractivity contribution in [2.24, 2.45) is 11.7 Å². The Labute approximate surface area is 134 Å². The summed E-state index contributed by atoms with van der Waals surface area (Å²) in [5, 5.41) is 0. The van der Waals surface area contributed by atoms with E-state index in [9.17, 15) is 4.79 Å². The molecule has 1 aromatic carbocycles. The summed E-state index contributed by atoms with van der Waals surface area (Å²) in [7, 11) is 1.87. The van der Waals surface area contributed by atoms with Gasteiger partial charge in [-0.1, -0.05) is 18.9 Å². The molecule has 0 bridgehead atoms. The maximum Gasteiger partial charge on any atom is 0.227 e. The Morgan fingerprint density at radius 2 is 1.76 bits per heavy atom. The summed E-state index contributed by atoms with van der Waals surface area (Å²) in [5.74, 6) is 0.530. The van der Waals surface area contributed by atoms with Gasteiger partial charge in [-0.15, -0.1) is 12.4 Å². The van der Waals surface area contributed by atoms with Crippen LogP contribution < -0.4 is 10.6 Å². The minimum absolute atomic E-state index is 0. The minimum Gasteiger partial charge on any atom is -0.327 e. The molecule has 2 N–H and O–H groups in total. The van der Waals surface area contributed by atoms with Crippen molar-refractivity contribution in [3.8, 4) is 0 Å². The molecule has 0 saturated heterocycles. The molecule has 1 amide bonds. The van der Waals surface area contributed by atoms with Crippen molar-refractivity contribution >= 4 is 24.0 Å². The van der Waals surface area contributed by atoms with Crippen molar-refractivity contribution in [1.29, 1.82) is 0 Å². The Hall–Kier alpha value is -1.06. The summed E-state index contributed by atoms with van der Waals surface area (Å²) in [5.41, 5.74) is 9.50. The molecule has 4 heteroatoms. The van der Waals surface area contributed by atoms with E-state index in [0.29, 0.717) is 12.3 Å². The molecule has 2 atom stereocenters. The number of amides is 1. The molecule has 2 unspecified atom stereocenters. The highest BCUT2D eigenvalue weighted by Crippen LogP contribution is 2.27. The third-order valence-corrected chi connectivity index (χ3v) is 4.37. The molecule has 1 saturated carbocycles. The molecule has 3 nitrogen and oxygen atoms in total. The number of halogens is 1. The van der Waals surface area contributed by atoms with Gasteiger partial charge < -0.3 is 10.6 Å². The fourth-order valence-corrected chi connectivity index (χ4v) is 3.14. The van der Waals surface area contributed by atoms with Crippen molar-refractivity contribution in [3.63, 3.8) is 0 Å². The van der Waals surface area contributed by atoms with Crippen molar-refractivity contribution in [2.75, 3.05) is 11.9 Å². The lowest BCUT2D eigenvalue weighted by atomic mass is 9.83. The summed E-state index contributed by atoms with van der Waals surface area (Å²) in [6, 6.07) is 6.44. The first-order chi connectivity index (χ1) is 9.47. The van der Waals surface area contributed by atoms with Crippen LogP contribution in [0.4, 0.5) is 5.69 Å². The van der Waals surface area contributed by atoms with Crippen LogP contribution >= 0.6 is 12.4 Å². The predicted molar refractivity (Wildman–Crippen MR) is 91.1 cm³/mol. The fraction of sp³-hybridized carbons (Fsp3) is 0.588. The lowest BCUT2D eigenvalue weighted by molar-refractivity contribution is -0.119. The molecule has 0 heterocycles. The molecule has 2 rings (SSSR count). The van der Waals surface area contributed by atoms with Gasteiger partial charge in [-0.05, 0) is 55.9 Å². The van der Waals surface area contributed by atoms with Crippen LogP contribution in [0.3, 0.4) is 0 Å². The number of benzene rings is 1. The van der Waals surface area contributed by atoms with Crippen LogP contribution in [0.5, 0.6) is 0 Å². The number of carbonyl (C=O) groups excluding carboxylic acids is 1. The summed E-state index contributed by atoms with van der Waals surface area (Å²) in [4.78, 5) is 14.2.